The minimum absolute atomic E-state index is 0.126. The first-order valence-electron chi connectivity index (χ1n) is 9.58. The molecule has 0 spiro atoms. The fourth-order valence-corrected chi connectivity index (χ4v) is 3.42. The van der Waals surface area contributed by atoms with E-state index in [1.165, 1.54) is 13.2 Å². The highest BCUT2D eigenvalue weighted by Crippen LogP contribution is 2.27. The van der Waals surface area contributed by atoms with Crippen molar-refractivity contribution < 1.29 is 23.5 Å². The van der Waals surface area contributed by atoms with Gasteiger partial charge in [0.1, 0.15) is 24.5 Å². The maximum Gasteiger partial charge on any atom is 0.336 e. The lowest BCUT2D eigenvalue weighted by molar-refractivity contribution is -0.143. The molecule has 0 aliphatic rings. The molecule has 156 valence electrons. The van der Waals surface area contributed by atoms with Gasteiger partial charge in [-0.2, -0.15) is 0 Å². The van der Waals surface area contributed by atoms with Crippen LogP contribution in [0.25, 0.3) is 21.7 Å². The van der Waals surface area contributed by atoms with Gasteiger partial charge in [-0.05, 0) is 29.0 Å². The molecule has 1 heterocycles. The van der Waals surface area contributed by atoms with E-state index in [1.807, 2.05) is 30.3 Å². The van der Waals surface area contributed by atoms with Crippen LogP contribution in [-0.4, -0.2) is 25.5 Å². The molecule has 0 atom stereocenters. The Bertz CT molecular complexity index is 1340. The van der Waals surface area contributed by atoms with Gasteiger partial charge in [-0.25, -0.2) is 4.79 Å². The molecule has 1 N–H and O–H groups in total. The largest absolute Gasteiger partial charge is 0.496 e. The zero-order chi connectivity index (χ0) is 21.8. The van der Waals surface area contributed by atoms with Gasteiger partial charge in [0.25, 0.3) is 5.91 Å². The van der Waals surface area contributed by atoms with Gasteiger partial charge in [-0.3, -0.25) is 9.59 Å². The van der Waals surface area contributed by atoms with Gasteiger partial charge < -0.3 is 19.2 Å². The van der Waals surface area contributed by atoms with Gasteiger partial charge in [0.15, 0.2) is 0 Å². The van der Waals surface area contributed by atoms with Crippen molar-refractivity contribution in [3.05, 3.63) is 88.3 Å². The van der Waals surface area contributed by atoms with E-state index in [0.29, 0.717) is 27.8 Å². The second-order valence-electron chi connectivity index (χ2n) is 6.79. The number of benzene rings is 3. The molecule has 7 nitrogen and oxygen atoms in total. The number of hydrogen-bond acceptors (Lipinski definition) is 6. The Morgan fingerprint density at radius 1 is 1.00 bits per heavy atom. The summed E-state index contributed by atoms with van der Waals surface area (Å²) in [5.74, 6) is -0.682. The van der Waals surface area contributed by atoms with Crippen LogP contribution in [0, 0.1) is 0 Å². The van der Waals surface area contributed by atoms with E-state index in [4.69, 9.17) is 13.9 Å². The Morgan fingerprint density at radius 2 is 1.77 bits per heavy atom. The summed E-state index contributed by atoms with van der Waals surface area (Å²) in [4.78, 5) is 36.5. The average molecular weight is 417 g/mol. The van der Waals surface area contributed by atoms with E-state index in [0.717, 1.165) is 10.8 Å². The lowest BCUT2D eigenvalue weighted by Gasteiger charge is -2.11. The Labute approximate surface area is 177 Å². The molecular formula is C24H19NO6. The lowest BCUT2D eigenvalue weighted by Crippen LogP contribution is -2.30. The monoisotopic (exact) mass is 417 g/mol. The normalized spacial score (nSPS) is 10.7. The first kappa shape index (κ1) is 20.2. The fourth-order valence-electron chi connectivity index (χ4n) is 3.42. The van der Waals surface area contributed by atoms with Crippen molar-refractivity contribution in [3.63, 3.8) is 0 Å². The molecule has 0 aliphatic carbocycles. The Balaban J connectivity index is 1.49. The van der Waals surface area contributed by atoms with Crippen LogP contribution < -0.4 is 15.7 Å². The summed E-state index contributed by atoms with van der Waals surface area (Å²) in [6.07, 6.45) is 0. The molecule has 0 saturated carbocycles. The minimum Gasteiger partial charge on any atom is -0.496 e. The predicted octanol–water partition coefficient (Wildman–Crippen LogP) is 3.43. The number of methoxy groups -OCH3 is 1. The molecule has 31 heavy (non-hydrogen) atoms. The number of para-hydroxylation sites is 1. The van der Waals surface area contributed by atoms with Crippen molar-refractivity contribution in [2.45, 2.75) is 6.61 Å². The van der Waals surface area contributed by atoms with E-state index < -0.39 is 17.5 Å². The lowest BCUT2D eigenvalue weighted by atomic mass is 10.0. The van der Waals surface area contributed by atoms with Crippen molar-refractivity contribution in [2.24, 2.45) is 0 Å². The quantitative estimate of drug-likeness (QED) is 0.293. The van der Waals surface area contributed by atoms with Gasteiger partial charge in [0, 0.05) is 17.0 Å². The van der Waals surface area contributed by atoms with Crippen LogP contribution in [-0.2, 0) is 16.1 Å². The van der Waals surface area contributed by atoms with Crippen LogP contribution in [0.5, 0.6) is 5.75 Å². The molecule has 1 amide bonds. The Hall–Kier alpha value is -4.13. The van der Waals surface area contributed by atoms with Gasteiger partial charge in [0.2, 0.25) is 0 Å². The molecule has 4 aromatic rings. The van der Waals surface area contributed by atoms with E-state index >= 15 is 0 Å². The van der Waals surface area contributed by atoms with Gasteiger partial charge >= 0.3 is 11.6 Å². The molecule has 0 aliphatic heterocycles. The Kier molecular flexibility index (Phi) is 5.66. The molecule has 0 unspecified atom stereocenters. The van der Waals surface area contributed by atoms with Crippen molar-refractivity contribution in [3.8, 4) is 5.75 Å². The molecule has 0 fully saturated rings. The third-order valence-corrected chi connectivity index (χ3v) is 4.85. The van der Waals surface area contributed by atoms with Crippen molar-refractivity contribution >= 4 is 33.6 Å². The topological polar surface area (TPSA) is 94.8 Å². The standard InChI is InChI=1S/C24H19NO6/c1-29-19-9-5-4-8-18(19)24(28)25-13-22(27)30-14-16-12-21(26)31-20-11-10-15-6-2-3-7-17(15)23(16)20/h2-12H,13-14H2,1H3,(H,25,28). The van der Waals surface area contributed by atoms with Gasteiger partial charge in [-0.15, -0.1) is 0 Å². The third-order valence-electron chi connectivity index (χ3n) is 4.85. The van der Waals surface area contributed by atoms with Crippen LogP contribution >= 0.6 is 0 Å². The predicted molar refractivity (Wildman–Crippen MR) is 115 cm³/mol. The van der Waals surface area contributed by atoms with E-state index in [9.17, 15) is 14.4 Å². The summed E-state index contributed by atoms with van der Waals surface area (Å²) < 4.78 is 15.8. The van der Waals surface area contributed by atoms with Crippen molar-refractivity contribution in [2.75, 3.05) is 13.7 Å². The first-order valence-corrected chi connectivity index (χ1v) is 9.58. The highest BCUT2D eigenvalue weighted by atomic mass is 16.5. The zero-order valence-corrected chi connectivity index (χ0v) is 16.7. The number of carbonyl (C=O) groups is 2. The number of amides is 1. The van der Waals surface area contributed by atoms with Crippen LogP contribution in [0.1, 0.15) is 15.9 Å². The first-order chi connectivity index (χ1) is 15.1. The fraction of sp³-hybridized carbons (Fsp3) is 0.125. The molecule has 3 aromatic carbocycles. The number of fused-ring (bicyclic) bond motifs is 3. The summed E-state index contributed by atoms with van der Waals surface area (Å²) >= 11 is 0. The maximum absolute atomic E-state index is 12.3. The van der Waals surface area contributed by atoms with Crippen LogP contribution in [0.4, 0.5) is 0 Å². The summed E-state index contributed by atoms with van der Waals surface area (Å²) in [5.41, 5.74) is 0.739. The Morgan fingerprint density at radius 3 is 2.61 bits per heavy atom. The third kappa shape index (κ3) is 4.25. The van der Waals surface area contributed by atoms with E-state index in [2.05, 4.69) is 5.32 Å². The molecule has 0 saturated heterocycles. The molecule has 1 aromatic heterocycles. The van der Waals surface area contributed by atoms with Crippen LogP contribution in [0.3, 0.4) is 0 Å². The minimum atomic E-state index is -0.634. The number of nitrogens with one attached hydrogen (secondary N) is 1. The average Bonchev–Trinajstić information content (AvgIpc) is 2.80. The number of carbonyl (C=O) groups excluding carboxylic acids is 2. The molecular weight excluding hydrogens is 398 g/mol. The molecule has 0 radical (unpaired) electrons. The van der Waals surface area contributed by atoms with Crippen molar-refractivity contribution in [1.29, 1.82) is 0 Å². The number of ether oxygens (including phenoxy) is 2. The van der Waals surface area contributed by atoms with Crippen molar-refractivity contribution in [1.82, 2.24) is 5.32 Å². The van der Waals surface area contributed by atoms with E-state index in [1.54, 1.807) is 30.3 Å². The van der Waals surface area contributed by atoms with Crippen LogP contribution in [0.15, 0.2) is 75.9 Å². The smallest absolute Gasteiger partial charge is 0.336 e. The second-order valence-corrected chi connectivity index (χ2v) is 6.79. The SMILES string of the molecule is COc1ccccc1C(=O)NCC(=O)OCc1cc(=O)oc2ccc3ccccc3c12. The number of rotatable bonds is 6. The molecule has 0 bridgehead atoms. The summed E-state index contributed by atoms with van der Waals surface area (Å²) in [5, 5.41) is 5.09. The zero-order valence-electron chi connectivity index (χ0n) is 16.7. The maximum atomic E-state index is 12.3. The highest BCUT2D eigenvalue weighted by molar-refractivity contribution is 6.07. The summed E-state index contributed by atoms with van der Waals surface area (Å²) in [6.45, 7) is -0.448. The van der Waals surface area contributed by atoms with Gasteiger partial charge in [-0.1, -0.05) is 42.5 Å². The number of esters is 1. The summed E-state index contributed by atoms with van der Waals surface area (Å²) in [6, 6.07) is 19.3. The highest BCUT2D eigenvalue weighted by Gasteiger charge is 2.15. The van der Waals surface area contributed by atoms with E-state index in [-0.39, 0.29) is 13.2 Å². The summed E-state index contributed by atoms with van der Waals surface area (Å²) in [7, 11) is 1.46. The van der Waals surface area contributed by atoms with Crippen LogP contribution in [0.2, 0.25) is 0 Å². The second kappa shape index (κ2) is 8.71. The van der Waals surface area contributed by atoms with Gasteiger partial charge in [0.05, 0.1) is 12.7 Å². The molecule has 4 rings (SSSR count). The number of hydrogen-bond donors (Lipinski definition) is 1. The molecule has 7 heteroatoms.